The van der Waals surface area contributed by atoms with E-state index in [1.807, 2.05) is 18.2 Å². The number of nitrogen functional groups attached to an aromatic ring is 2. The first kappa shape index (κ1) is 19.1. The fourth-order valence-electron chi connectivity index (χ4n) is 2.57. The van der Waals surface area contributed by atoms with Crippen LogP contribution >= 0.6 is 11.6 Å². The fraction of sp³-hybridized carbons (Fsp3) is 0. The second-order valence-corrected chi connectivity index (χ2v) is 6.24. The Bertz CT molecular complexity index is 1060. The van der Waals surface area contributed by atoms with Gasteiger partial charge in [-0.1, -0.05) is 42.0 Å². The maximum Gasteiger partial charge on any atom is 0.269 e. The molecule has 8 heteroatoms. The molecule has 0 radical (unpaired) electrons. The molecule has 140 valence electrons. The normalized spacial score (nSPS) is 11.3. The number of non-ortho nitro benzene ring substituents is 1. The molecule has 0 aliphatic carbocycles. The van der Waals surface area contributed by atoms with Crippen molar-refractivity contribution in [1.82, 2.24) is 9.97 Å². The summed E-state index contributed by atoms with van der Waals surface area (Å²) in [5.41, 5.74) is 14.7. The number of nitrogens with two attached hydrogens (primary N) is 2. The van der Waals surface area contributed by atoms with E-state index in [1.54, 1.807) is 42.5 Å². The molecule has 0 saturated carbocycles. The van der Waals surface area contributed by atoms with Crippen LogP contribution in [0.15, 0.2) is 60.7 Å². The van der Waals surface area contributed by atoms with Crippen LogP contribution in [0.4, 0.5) is 17.5 Å². The minimum absolute atomic E-state index is 0.0484. The van der Waals surface area contributed by atoms with Gasteiger partial charge in [-0.2, -0.15) is 4.98 Å². The van der Waals surface area contributed by atoms with E-state index in [0.717, 1.165) is 11.1 Å². The molecule has 1 aromatic heterocycles. The number of hydrogen-bond acceptors (Lipinski definition) is 6. The average molecular weight is 394 g/mol. The molecule has 0 spiro atoms. The first-order valence-corrected chi connectivity index (χ1v) is 8.60. The zero-order valence-electron chi connectivity index (χ0n) is 14.6. The summed E-state index contributed by atoms with van der Waals surface area (Å²) in [6.45, 7) is 0. The smallest absolute Gasteiger partial charge is 0.269 e. The third-order valence-corrected chi connectivity index (χ3v) is 4.12. The van der Waals surface area contributed by atoms with Crippen molar-refractivity contribution in [2.24, 2.45) is 0 Å². The highest BCUT2D eigenvalue weighted by atomic mass is 35.5. The molecule has 0 aliphatic rings. The molecule has 4 N–H and O–H groups in total. The van der Waals surface area contributed by atoms with Gasteiger partial charge in [-0.3, -0.25) is 10.1 Å². The van der Waals surface area contributed by atoms with Gasteiger partial charge >= 0.3 is 0 Å². The highest BCUT2D eigenvalue weighted by Crippen LogP contribution is 2.30. The Hall–Kier alpha value is -3.71. The number of allylic oxidation sites excluding steroid dienone is 2. The molecule has 3 aromatic rings. The van der Waals surface area contributed by atoms with Gasteiger partial charge in [0.1, 0.15) is 5.82 Å². The van der Waals surface area contributed by atoms with Gasteiger partial charge in [0.05, 0.1) is 10.6 Å². The molecule has 28 heavy (non-hydrogen) atoms. The highest BCUT2D eigenvalue weighted by molar-refractivity contribution is 6.30. The topological polar surface area (TPSA) is 121 Å². The molecule has 0 amide bonds. The summed E-state index contributed by atoms with van der Waals surface area (Å²) in [5, 5.41) is 11.3. The number of aromatic nitrogens is 2. The van der Waals surface area contributed by atoms with Crippen molar-refractivity contribution in [3.8, 4) is 11.1 Å². The molecule has 0 atom stereocenters. The SMILES string of the molecule is Nc1nc(N)c(-c2ccc(Cl)cc2)c(C=CC=Cc2ccc([N+](=O)[O-])cc2)n1. The van der Waals surface area contributed by atoms with Crippen LogP contribution in [0.2, 0.25) is 5.02 Å². The van der Waals surface area contributed by atoms with Gasteiger partial charge in [-0.15, -0.1) is 0 Å². The van der Waals surface area contributed by atoms with Crippen molar-refractivity contribution in [1.29, 1.82) is 0 Å². The van der Waals surface area contributed by atoms with Gasteiger partial charge in [0.15, 0.2) is 0 Å². The lowest BCUT2D eigenvalue weighted by Gasteiger charge is -2.09. The number of hydrogen-bond donors (Lipinski definition) is 2. The molecular formula is C20H16ClN5O2. The van der Waals surface area contributed by atoms with E-state index in [1.165, 1.54) is 12.1 Å². The van der Waals surface area contributed by atoms with E-state index in [-0.39, 0.29) is 17.5 Å². The van der Waals surface area contributed by atoms with E-state index >= 15 is 0 Å². The summed E-state index contributed by atoms with van der Waals surface area (Å²) in [7, 11) is 0. The quantitative estimate of drug-likeness (QED) is 0.371. The van der Waals surface area contributed by atoms with Crippen LogP contribution in [-0.4, -0.2) is 14.9 Å². The standard InChI is InChI=1S/C20H16ClN5O2/c21-15-9-7-14(8-10-15)18-17(24-20(23)25-19(18)22)4-2-1-3-13-5-11-16(12-6-13)26(27)28/h1-12H,(H4,22,23,24,25). The minimum Gasteiger partial charge on any atom is -0.383 e. The summed E-state index contributed by atoms with van der Waals surface area (Å²) in [6, 6.07) is 13.4. The predicted octanol–water partition coefficient (Wildman–Crippen LogP) is 4.60. The lowest BCUT2D eigenvalue weighted by Crippen LogP contribution is -2.04. The van der Waals surface area contributed by atoms with Crippen molar-refractivity contribution in [3.05, 3.63) is 87.1 Å². The summed E-state index contributed by atoms with van der Waals surface area (Å²) in [5.74, 6) is 0.350. The van der Waals surface area contributed by atoms with Crippen molar-refractivity contribution < 1.29 is 4.92 Å². The molecule has 0 saturated heterocycles. The molecule has 0 bridgehead atoms. The first-order chi connectivity index (χ1) is 13.4. The largest absolute Gasteiger partial charge is 0.383 e. The second-order valence-electron chi connectivity index (χ2n) is 5.80. The summed E-state index contributed by atoms with van der Waals surface area (Å²) in [6.07, 6.45) is 7.15. The zero-order chi connectivity index (χ0) is 20.1. The summed E-state index contributed by atoms with van der Waals surface area (Å²) >= 11 is 5.95. The molecule has 0 fully saturated rings. The van der Waals surface area contributed by atoms with Gasteiger partial charge in [0.25, 0.3) is 5.69 Å². The summed E-state index contributed by atoms with van der Waals surface area (Å²) < 4.78 is 0. The Morgan fingerprint density at radius 2 is 1.57 bits per heavy atom. The number of nitro groups is 1. The third-order valence-electron chi connectivity index (χ3n) is 3.87. The minimum atomic E-state index is -0.435. The van der Waals surface area contributed by atoms with Crippen LogP contribution in [0.3, 0.4) is 0 Å². The van der Waals surface area contributed by atoms with Crippen molar-refractivity contribution in [2.45, 2.75) is 0 Å². The Balaban J connectivity index is 1.87. The molecule has 0 aliphatic heterocycles. The van der Waals surface area contributed by atoms with Crippen LogP contribution in [0, 0.1) is 10.1 Å². The van der Waals surface area contributed by atoms with E-state index in [4.69, 9.17) is 23.1 Å². The Morgan fingerprint density at radius 1 is 0.929 bits per heavy atom. The van der Waals surface area contributed by atoms with Gasteiger partial charge in [-0.25, -0.2) is 4.98 Å². The van der Waals surface area contributed by atoms with Crippen LogP contribution < -0.4 is 11.5 Å². The fourth-order valence-corrected chi connectivity index (χ4v) is 2.69. The van der Waals surface area contributed by atoms with E-state index in [0.29, 0.717) is 16.3 Å². The molecule has 7 nitrogen and oxygen atoms in total. The molecular weight excluding hydrogens is 378 g/mol. The first-order valence-electron chi connectivity index (χ1n) is 8.22. The van der Waals surface area contributed by atoms with Gasteiger partial charge in [0.2, 0.25) is 5.95 Å². The summed E-state index contributed by atoms with van der Waals surface area (Å²) in [4.78, 5) is 18.6. The van der Waals surface area contributed by atoms with Gasteiger partial charge in [-0.05, 0) is 41.5 Å². The lowest BCUT2D eigenvalue weighted by atomic mass is 10.0. The molecule has 1 heterocycles. The second kappa shape index (κ2) is 8.32. The zero-order valence-corrected chi connectivity index (χ0v) is 15.4. The predicted molar refractivity (Wildman–Crippen MR) is 112 cm³/mol. The van der Waals surface area contributed by atoms with Crippen LogP contribution in [0.25, 0.3) is 23.3 Å². The molecule has 0 unspecified atom stereocenters. The Morgan fingerprint density at radius 3 is 2.21 bits per heavy atom. The lowest BCUT2D eigenvalue weighted by molar-refractivity contribution is -0.384. The van der Waals surface area contributed by atoms with Crippen LogP contribution in [0.1, 0.15) is 11.3 Å². The highest BCUT2D eigenvalue weighted by Gasteiger charge is 2.11. The van der Waals surface area contributed by atoms with Crippen molar-refractivity contribution >= 4 is 41.2 Å². The van der Waals surface area contributed by atoms with Gasteiger partial charge in [0, 0.05) is 22.7 Å². The van der Waals surface area contributed by atoms with Crippen LogP contribution in [0.5, 0.6) is 0 Å². The maximum atomic E-state index is 10.7. The maximum absolute atomic E-state index is 10.7. The Kier molecular flexibility index (Phi) is 5.67. The van der Waals surface area contributed by atoms with Crippen molar-refractivity contribution in [2.75, 3.05) is 11.5 Å². The number of nitrogens with zero attached hydrogens (tertiary/aromatic N) is 3. The number of anilines is 2. The monoisotopic (exact) mass is 393 g/mol. The molecule has 3 rings (SSSR count). The van der Waals surface area contributed by atoms with E-state index in [9.17, 15) is 10.1 Å². The Labute approximate surface area is 166 Å². The van der Waals surface area contributed by atoms with Gasteiger partial charge < -0.3 is 11.5 Å². The van der Waals surface area contributed by atoms with Crippen molar-refractivity contribution in [3.63, 3.8) is 0 Å². The number of halogens is 1. The number of nitro benzene ring substituents is 1. The number of benzene rings is 2. The average Bonchev–Trinajstić information content (AvgIpc) is 2.66. The van der Waals surface area contributed by atoms with Crippen LogP contribution in [-0.2, 0) is 0 Å². The molecule has 2 aromatic carbocycles. The van der Waals surface area contributed by atoms with E-state index in [2.05, 4.69) is 9.97 Å². The van der Waals surface area contributed by atoms with E-state index < -0.39 is 4.92 Å². The number of rotatable bonds is 5. The third kappa shape index (κ3) is 4.52.